The van der Waals surface area contributed by atoms with Crippen LogP contribution in [0.15, 0.2) is 24.8 Å². The van der Waals surface area contributed by atoms with E-state index in [4.69, 9.17) is 10.5 Å². The minimum atomic E-state index is 0.251. The van der Waals surface area contributed by atoms with Gasteiger partial charge in [0.25, 0.3) is 0 Å². The van der Waals surface area contributed by atoms with E-state index in [1.54, 1.807) is 24.8 Å². The van der Waals surface area contributed by atoms with Crippen molar-refractivity contribution < 1.29 is 4.74 Å². The Morgan fingerprint density at radius 2 is 1.67 bits per heavy atom. The molecule has 1 atom stereocenters. The van der Waals surface area contributed by atoms with Gasteiger partial charge in [0.2, 0.25) is 5.88 Å². The maximum absolute atomic E-state index is 5.61. The largest absolute Gasteiger partial charge is 0.477 e. The van der Waals surface area contributed by atoms with Gasteiger partial charge in [0.1, 0.15) is 5.82 Å². The standard InChI is InChI=1S/C15H21N5O/c1-10(2)12-6-20-15(9-18-12)21-5-4-11(3)13-7-19-14(16)8-17-13/h6-11H,4-5H2,1-3H3,(H2,16,19). The van der Waals surface area contributed by atoms with Crippen molar-refractivity contribution in [2.75, 3.05) is 12.3 Å². The molecule has 2 heterocycles. The summed E-state index contributed by atoms with van der Waals surface area (Å²) in [6, 6.07) is 0. The summed E-state index contributed by atoms with van der Waals surface area (Å²) in [5.41, 5.74) is 7.40. The van der Waals surface area contributed by atoms with Crippen molar-refractivity contribution in [3.05, 3.63) is 36.2 Å². The summed E-state index contributed by atoms with van der Waals surface area (Å²) in [6.45, 7) is 6.81. The number of nitrogens with zero attached hydrogens (tertiary/aromatic N) is 4. The molecule has 6 heteroatoms. The van der Waals surface area contributed by atoms with Crippen molar-refractivity contribution in [2.24, 2.45) is 0 Å². The maximum Gasteiger partial charge on any atom is 0.232 e. The molecule has 0 bridgehead atoms. The number of hydrogen-bond acceptors (Lipinski definition) is 6. The van der Waals surface area contributed by atoms with Crippen LogP contribution in [-0.2, 0) is 0 Å². The molecule has 0 spiro atoms. The van der Waals surface area contributed by atoms with Crippen molar-refractivity contribution in [3.63, 3.8) is 0 Å². The Bertz CT molecular complexity index is 553. The summed E-state index contributed by atoms with van der Waals surface area (Å²) in [5.74, 6) is 1.61. The van der Waals surface area contributed by atoms with Crippen molar-refractivity contribution in [1.29, 1.82) is 0 Å². The van der Waals surface area contributed by atoms with Gasteiger partial charge >= 0.3 is 0 Å². The normalized spacial score (nSPS) is 12.4. The molecule has 0 aliphatic carbocycles. The van der Waals surface area contributed by atoms with Gasteiger partial charge < -0.3 is 10.5 Å². The Labute approximate surface area is 124 Å². The molecule has 0 radical (unpaired) electrons. The smallest absolute Gasteiger partial charge is 0.232 e. The zero-order valence-corrected chi connectivity index (χ0v) is 12.7. The number of hydrogen-bond donors (Lipinski definition) is 1. The molecule has 0 aliphatic rings. The molecule has 2 aromatic rings. The van der Waals surface area contributed by atoms with Gasteiger partial charge in [-0.15, -0.1) is 0 Å². The Hall–Kier alpha value is -2.24. The van der Waals surface area contributed by atoms with Crippen molar-refractivity contribution >= 4 is 5.82 Å². The van der Waals surface area contributed by atoms with Gasteiger partial charge in [-0.25, -0.2) is 9.97 Å². The lowest BCUT2D eigenvalue weighted by Crippen LogP contribution is -2.07. The van der Waals surface area contributed by atoms with Crippen molar-refractivity contribution in [3.8, 4) is 5.88 Å². The van der Waals surface area contributed by atoms with Gasteiger partial charge in [-0.3, -0.25) is 9.97 Å². The van der Waals surface area contributed by atoms with Crippen molar-refractivity contribution in [1.82, 2.24) is 19.9 Å². The van der Waals surface area contributed by atoms with Crippen LogP contribution >= 0.6 is 0 Å². The van der Waals surface area contributed by atoms with Gasteiger partial charge in [0.05, 0.1) is 42.8 Å². The fourth-order valence-electron chi connectivity index (χ4n) is 1.79. The third-order valence-corrected chi connectivity index (χ3v) is 3.24. The monoisotopic (exact) mass is 287 g/mol. The molecule has 21 heavy (non-hydrogen) atoms. The second-order valence-electron chi connectivity index (χ2n) is 5.34. The summed E-state index contributed by atoms with van der Waals surface area (Å²) >= 11 is 0. The molecule has 112 valence electrons. The third kappa shape index (κ3) is 4.37. The summed E-state index contributed by atoms with van der Waals surface area (Å²) in [7, 11) is 0. The quantitative estimate of drug-likeness (QED) is 0.878. The molecule has 0 aliphatic heterocycles. The predicted molar refractivity (Wildman–Crippen MR) is 81.1 cm³/mol. The van der Waals surface area contributed by atoms with E-state index in [1.807, 2.05) is 0 Å². The number of nitrogen functional groups attached to an aromatic ring is 1. The molecule has 2 N–H and O–H groups in total. The number of aromatic nitrogens is 4. The van der Waals surface area contributed by atoms with E-state index in [1.165, 1.54) is 0 Å². The Kier molecular flexibility index (Phi) is 5.03. The van der Waals surface area contributed by atoms with E-state index in [9.17, 15) is 0 Å². The second-order valence-corrected chi connectivity index (χ2v) is 5.34. The molecule has 0 fully saturated rings. The van der Waals surface area contributed by atoms with Crippen molar-refractivity contribution in [2.45, 2.75) is 39.0 Å². The SMILES string of the molecule is CC(C)c1cnc(OCCC(C)c2cnc(N)cn2)cn1. The van der Waals surface area contributed by atoms with E-state index in [0.29, 0.717) is 24.2 Å². The first-order valence-electron chi connectivity index (χ1n) is 7.08. The highest BCUT2D eigenvalue weighted by atomic mass is 16.5. The van der Waals surface area contributed by atoms with Crippen LogP contribution in [0.1, 0.15) is 50.4 Å². The van der Waals surface area contributed by atoms with Crippen LogP contribution in [0.3, 0.4) is 0 Å². The average Bonchev–Trinajstić information content (AvgIpc) is 2.48. The fraction of sp³-hybridized carbons (Fsp3) is 0.467. The van der Waals surface area contributed by atoms with Gasteiger partial charge in [-0.2, -0.15) is 0 Å². The zero-order chi connectivity index (χ0) is 15.2. The summed E-state index contributed by atoms with van der Waals surface area (Å²) in [5, 5.41) is 0. The molecule has 0 saturated heterocycles. The Balaban J connectivity index is 1.82. The Morgan fingerprint density at radius 3 is 2.24 bits per heavy atom. The first kappa shape index (κ1) is 15.2. The molecule has 6 nitrogen and oxygen atoms in total. The number of anilines is 1. The lowest BCUT2D eigenvalue weighted by atomic mass is 10.1. The van der Waals surface area contributed by atoms with E-state index < -0.39 is 0 Å². The molecule has 0 amide bonds. The predicted octanol–water partition coefficient (Wildman–Crippen LogP) is 2.54. The van der Waals surface area contributed by atoms with Crippen LogP contribution in [0.4, 0.5) is 5.82 Å². The molecular formula is C15H21N5O. The number of nitrogens with two attached hydrogens (primary N) is 1. The van der Waals surface area contributed by atoms with E-state index in [2.05, 4.69) is 40.7 Å². The second kappa shape index (κ2) is 6.97. The summed E-state index contributed by atoms with van der Waals surface area (Å²) in [4.78, 5) is 16.9. The van der Waals surface area contributed by atoms with Gasteiger partial charge in [-0.05, 0) is 12.3 Å². The summed E-state index contributed by atoms with van der Waals surface area (Å²) in [6.07, 6.45) is 7.53. The van der Waals surface area contributed by atoms with Crippen LogP contribution in [0, 0.1) is 0 Å². The fourth-order valence-corrected chi connectivity index (χ4v) is 1.79. The lowest BCUT2D eigenvalue weighted by molar-refractivity contribution is 0.287. The molecular weight excluding hydrogens is 266 g/mol. The van der Waals surface area contributed by atoms with E-state index in [-0.39, 0.29) is 5.92 Å². The molecule has 0 saturated carbocycles. The molecule has 2 rings (SSSR count). The highest BCUT2D eigenvalue weighted by Crippen LogP contribution is 2.17. The minimum absolute atomic E-state index is 0.251. The van der Waals surface area contributed by atoms with Crippen LogP contribution in [0.25, 0.3) is 0 Å². The van der Waals surface area contributed by atoms with E-state index in [0.717, 1.165) is 17.8 Å². The van der Waals surface area contributed by atoms with Gasteiger partial charge in [0.15, 0.2) is 0 Å². The maximum atomic E-state index is 5.61. The van der Waals surface area contributed by atoms with Crippen LogP contribution in [0.5, 0.6) is 5.88 Å². The lowest BCUT2D eigenvalue weighted by Gasteiger charge is -2.11. The topological polar surface area (TPSA) is 86.8 Å². The highest BCUT2D eigenvalue weighted by Gasteiger charge is 2.08. The summed E-state index contributed by atoms with van der Waals surface area (Å²) < 4.78 is 5.61. The number of rotatable bonds is 6. The van der Waals surface area contributed by atoms with Crippen LogP contribution in [0.2, 0.25) is 0 Å². The van der Waals surface area contributed by atoms with E-state index >= 15 is 0 Å². The van der Waals surface area contributed by atoms with Crippen LogP contribution < -0.4 is 10.5 Å². The first-order chi connectivity index (χ1) is 10.1. The van der Waals surface area contributed by atoms with Gasteiger partial charge in [-0.1, -0.05) is 20.8 Å². The van der Waals surface area contributed by atoms with Crippen LogP contribution in [-0.4, -0.2) is 26.5 Å². The molecule has 2 aromatic heterocycles. The molecule has 1 unspecified atom stereocenters. The number of ether oxygens (including phenoxy) is 1. The third-order valence-electron chi connectivity index (χ3n) is 3.24. The highest BCUT2D eigenvalue weighted by molar-refractivity contribution is 5.23. The average molecular weight is 287 g/mol. The molecule has 0 aromatic carbocycles. The first-order valence-corrected chi connectivity index (χ1v) is 7.08. The Morgan fingerprint density at radius 1 is 0.952 bits per heavy atom. The minimum Gasteiger partial charge on any atom is -0.477 e. The van der Waals surface area contributed by atoms with Gasteiger partial charge in [0, 0.05) is 5.92 Å². The zero-order valence-electron chi connectivity index (χ0n) is 12.7.